The molecule has 124 valence electrons. The lowest BCUT2D eigenvalue weighted by atomic mass is 9.86. The Hall–Kier alpha value is -2.83. The highest BCUT2D eigenvalue weighted by molar-refractivity contribution is 5.43. The molecule has 0 saturated heterocycles. The van der Waals surface area contributed by atoms with E-state index >= 15 is 0 Å². The molecule has 2 heterocycles. The Morgan fingerprint density at radius 2 is 2.08 bits per heavy atom. The maximum Gasteiger partial charge on any atom is 0.350 e. The van der Waals surface area contributed by atoms with Crippen molar-refractivity contribution in [2.24, 2.45) is 5.92 Å². The molecule has 0 unspecified atom stereocenters. The molecule has 0 bridgehead atoms. The van der Waals surface area contributed by atoms with E-state index in [0.29, 0.717) is 23.9 Å². The molecule has 4 rings (SSSR count). The summed E-state index contributed by atoms with van der Waals surface area (Å²) < 4.78 is 9.40. The van der Waals surface area contributed by atoms with E-state index in [1.165, 1.54) is 20.1 Å². The van der Waals surface area contributed by atoms with Gasteiger partial charge in [-0.05, 0) is 30.9 Å². The smallest absolute Gasteiger partial charge is 0.350 e. The summed E-state index contributed by atoms with van der Waals surface area (Å²) in [5, 5.41) is 4.26. The highest BCUT2D eigenvalue weighted by atomic mass is 16.5. The molecule has 3 aromatic rings. The number of rotatable bonds is 4. The van der Waals surface area contributed by atoms with E-state index in [1.807, 2.05) is 18.2 Å². The van der Waals surface area contributed by atoms with E-state index < -0.39 is 0 Å². The second-order valence-electron chi connectivity index (χ2n) is 6.13. The fraction of sp³-hybridized carbons (Fsp3) is 0.353. The summed E-state index contributed by atoms with van der Waals surface area (Å²) in [6.07, 6.45) is 6.61. The monoisotopic (exact) mass is 326 g/mol. The van der Waals surface area contributed by atoms with Gasteiger partial charge in [0.25, 0.3) is 0 Å². The molecule has 7 nitrogen and oxygen atoms in total. The van der Waals surface area contributed by atoms with E-state index in [-0.39, 0.29) is 16.9 Å². The number of fused-ring (bicyclic) bond motifs is 1. The number of aromatic nitrogens is 4. The summed E-state index contributed by atoms with van der Waals surface area (Å²) in [6.45, 7) is 0.582. The topological polar surface area (TPSA) is 70.5 Å². The zero-order valence-electron chi connectivity index (χ0n) is 13.4. The van der Waals surface area contributed by atoms with Crippen LogP contribution in [0.5, 0.6) is 5.75 Å². The first-order valence-corrected chi connectivity index (χ1v) is 8.02. The van der Waals surface area contributed by atoms with Gasteiger partial charge in [0.05, 0.1) is 12.8 Å². The van der Waals surface area contributed by atoms with Gasteiger partial charge in [-0.25, -0.2) is 13.9 Å². The largest absolute Gasteiger partial charge is 0.497 e. The van der Waals surface area contributed by atoms with Crippen LogP contribution in [0.4, 0.5) is 0 Å². The normalized spacial score (nSPS) is 14.7. The Kier molecular flexibility index (Phi) is 3.48. The van der Waals surface area contributed by atoms with E-state index in [4.69, 9.17) is 4.74 Å². The zero-order valence-corrected chi connectivity index (χ0v) is 13.4. The summed E-state index contributed by atoms with van der Waals surface area (Å²) in [4.78, 5) is 25.1. The van der Waals surface area contributed by atoms with Crippen molar-refractivity contribution >= 4 is 5.65 Å². The van der Waals surface area contributed by atoms with Crippen molar-refractivity contribution in [1.29, 1.82) is 0 Å². The van der Waals surface area contributed by atoms with Crippen LogP contribution in [0, 0.1) is 5.92 Å². The number of hydrogen-bond acceptors (Lipinski definition) is 4. The van der Waals surface area contributed by atoms with Gasteiger partial charge in [0.1, 0.15) is 5.75 Å². The molecule has 0 spiro atoms. The lowest BCUT2D eigenvalue weighted by molar-refractivity contribution is 0.263. The lowest BCUT2D eigenvalue weighted by Crippen LogP contribution is -2.28. The highest BCUT2D eigenvalue weighted by Crippen LogP contribution is 2.27. The molecule has 0 atom stereocenters. The first-order valence-electron chi connectivity index (χ1n) is 8.02. The van der Waals surface area contributed by atoms with Crippen LogP contribution in [-0.2, 0) is 6.54 Å². The average Bonchev–Trinajstić information content (AvgIpc) is 2.89. The van der Waals surface area contributed by atoms with Gasteiger partial charge in [0, 0.05) is 25.0 Å². The van der Waals surface area contributed by atoms with Gasteiger partial charge in [0.15, 0.2) is 0 Å². The number of ether oxygens (including phenoxy) is 1. The van der Waals surface area contributed by atoms with E-state index in [1.54, 1.807) is 25.6 Å². The lowest BCUT2D eigenvalue weighted by Gasteiger charge is -2.24. The van der Waals surface area contributed by atoms with Gasteiger partial charge in [-0.15, -0.1) is 5.10 Å². The Morgan fingerprint density at radius 1 is 1.25 bits per heavy atom. The van der Waals surface area contributed by atoms with Crippen molar-refractivity contribution in [3.8, 4) is 11.4 Å². The van der Waals surface area contributed by atoms with E-state index in [0.717, 1.165) is 12.8 Å². The molecule has 24 heavy (non-hydrogen) atoms. The van der Waals surface area contributed by atoms with Crippen molar-refractivity contribution in [1.82, 2.24) is 18.7 Å². The van der Waals surface area contributed by atoms with Crippen molar-refractivity contribution < 1.29 is 4.74 Å². The van der Waals surface area contributed by atoms with E-state index in [2.05, 4.69) is 5.10 Å². The Balaban J connectivity index is 1.82. The Bertz CT molecular complexity index is 1010. The predicted molar refractivity (Wildman–Crippen MR) is 88.9 cm³/mol. The third-order valence-electron chi connectivity index (χ3n) is 4.63. The molecule has 2 aromatic heterocycles. The minimum Gasteiger partial charge on any atom is -0.497 e. The highest BCUT2D eigenvalue weighted by Gasteiger charge is 2.21. The van der Waals surface area contributed by atoms with Gasteiger partial charge in [-0.2, -0.15) is 0 Å². The predicted octanol–water partition coefficient (Wildman–Crippen LogP) is 1.46. The Labute approximate surface area is 137 Å². The van der Waals surface area contributed by atoms with Crippen LogP contribution in [-0.4, -0.2) is 25.9 Å². The quantitative estimate of drug-likeness (QED) is 0.728. The van der Waals surface area contributed by atoms with E-state index in [9.17, 15) is 9.59 Å². The van der Waals surface area contributed by atoms with Gasteiger partial charge < -0.3 is 4.74 Å². The summed E-state index contributed by atoms with van der Waals surface area (Å²) in [5.74, 6) is 1.15. The second kappa shape index (κ2) is 5.67. The molecular weight excluding hydrogens is 308 g/mol. The van der Waals surface area contributed by atoms with Crippen LogP contribution >= 0.6 is 0 Å². The molecule has 1 aliphatic rings. The molecule has 1 fully saturated rings. The standard InChI is InChI=1S/C17H18N4O3/c1-24-14-7-3-6-13(10-14)19-8-9-20-15(16(19)22)18-21(17(20)23)11-12-4-2-5-12/h3,6-10,12H,2,4-5,11H2,1H3. The van der Waals surface area contributed by atoms with Crippen LogP contribution in [0.1, 0.15) is 19.3 Å². The van der Waals surface area contributed by atoms with Crippen LogP contribution in [0.25, 0.3) is 11.3 Å². The van der Waals surface area contributed by atoms with Crippen molar-refractivity contribution in [2.75, 3.05) is 7.11 Å². The Morgan fingerprint density at radius 3 is 2.79 bits per heavy atom. The molecule has 1 aliphatic carbocycles. The summed E-state index contributed by atoms with van der Waals surface area (Å²) in [7, 11) is 1.58. The van der Waals surface area contributed by atoms with Crippen molar-refractivity contribution in [2.45, 2.75) is 25.8 Å². The third-order valence-corrected chi connectivity index (χ3v) is 4.63. The number of hydrogen-bond donors (Lipinski definition) is 0. The molecule has 7 heteroatoms. The van der Waals surface area contributed by atoms with Gasteiger partial charge >= 0.3 is 11.2 Å². The number of methoxy groups -OCH3 is 1. The number of nitrogens with zero attached hydrogens (tertiary/aromatic N) is 4. The molecule has 0 radical (unpaired) electrons. The molecule has 0 N–H and O–H groups in total. The maximum absolute atomic E-state index is 12.7. The maximum atomic E-state index is 12.7. The first kappa shape index (κ1) is 14.7. The van der Waals surface area contributed by atoms with Crippen LogP contribution in [0.2, 0.25) is 0 Å². The molecule has 0 amide bonds. The molecule has 1 aromatic carbocycles. The van der Waals surface area contributed by atoms with Crippen LogP contribution in [0.3, 0.4) is 0 Å². The van der Waals surface area contributed by atoms with Crippen LogP contribution in [0.15, 0.2) is 46.2 Å². The second-order valence-corrected chi connectivity index (χ2v) is 6.13. The van der Waals surface area contributed by atoms with Crippen molar-refractivity contribution in [3.05, 3.63) is 57.5 Å². The van der Waals surface area contributed by atoms with Crippen LogP contribution < -0.4 is 16.0 Å². The van der Waals surface area contributed by atoms with Gasteiger partial charge in [0.2, 0.25) is 5.65 Å². The van der Waals surface area contributed by atoms with Gasteiger partial charge in [-0.3, -0.25) is 9.36 Å². The first-order chi connectivity index (χ1) is 11.7. The molecular formula is C17H18N4O3. The minimum atomic E-state index is -0.324. The summed E-state index contributed by atoms with van der Waals surface area (Å²) >= 11 is 0. The SMILES string of the molecule is COc1cccc(-n2ccn3c(=O)n(CC4CCC4)nc3c2=O)c1. The van der Waals surface area contributed by atoms with Crippen molar-refractivity contribution in [3.63, 3.8) is 0 Å². The summed E-state index contributed by atoms with van der Waals surface area (Å²) in [6, 6.07) is 7.20. The van der Waals surface area contributed by atoms with Gasteiger partial charge in [-0.1, -0.05) is 12.5 Å². The third kappa shape index (κ3) is 2.33. The summed E-state index contributed by atoms with van der Waals surface area (Å²) in [5.41, 5.74) is 0.231. The zero-order chi connectivity index (χ0) is 16.7. The molecule has 1 saturated carbocycles. The fourth-order valence-corrected chi connectivity index (χ4v) is 3.01. The fourth-order valence-electron chi connectivity index (χ4n) is 3.01. The minimum absolute atomic E-state index is 0.143. The average molecular weight is 326 g/mol. The molecule has 0 aliphatic heterocycles. The number of benzene rings is 1.